The quantitative estimate of drug-likeness (QED) is 0.0416. The van der Waals surface area contributed by atoms with Crippen molar-refractivity contribution in [3.05, 3.63) is 102 Å². The number of aromatic hydroxyl groups is 1. The fourth-order valence-electron chi connectivity index (χ4n) is 5.40. The van der Waals surface area contributed by atoms with E-state index >= 15 is 0 Å². The lowest BCUT2D eigenvalue weighted by Crippen LogP contribution is -2.48. The van der Waals surface area contributed by atoms with Gasteiger partial charge in [0.05, 0.1) is 19.4 Å². The van der Waals surface area contributed by atoms with Crippen LogP contribution in [0.3, 0.4) is 0 Å². The van der Waals surface area contributed by atoms with Gasteiger partial charge in [-0.05, 0) is 54.5 Å². The predicted octanol–water partition coefficient (Wildman–Crippen LogP) is 3.56. The van der Waals surface area contributed by atoms with Crippen molar-refractivity contribution in [2.45, 2.75) is 76.3 Å². The average molecular weight is 715 g/mol. The van der Waals surface area contributed by atoms with Gasteiger partial charge in [-0.15, -0.1) is 0 Å². The van der Waals surface area contributed by atoms with Crippen molar-refractivity contribution in [2.24, 2.45) is 10.7 Å². The zero-order valence-corrected chi connectivity index (χ0v) is 29.6. The zero-order chi connectivity index (χ0) is 37.6. The topological polar surface area (TPSA) is 201 Å². The molecule has 0 aromatic heterocycles. The van der Waals surface area contributed by atoms with Crippen molar-refractivity contribution in [3.8, 4) is 5.75 Å². The second kappa shape index (κ2) is 22.9. The molecule has 1 atom stereocenters. The van der Waals surface area contributed by atoms with Crippen molar-refractivity contribution in [1.82, 2.24) is 21.3 Å². The number of nitrogens with two attached hydrogens (primary N) is 1. The van der Waals surface area contributed by atoms with Crippen LogP contribution in [0.1, 0.15) is 80.4 Å². The minimum atomic E-state index is -0.878. The summed E-state index contributed by atoms with van der Waals surface area (Å²) in [5.41, 5.74) is 8.32. The number of phenols is 1. The molecule has 0 unspecified atom stereocenters. The van der Waals surface area contributed by atoms with Gasteiger partial charge in [-0.1, -0.05) is 85.6 Å². The Bertz CT molecular complexity index is 1560. The van der Waals surface area contributed by atoms with Crippen molar-refractivity contribution in [2.75, 3.05) is 20.2 Å². The highest BCUT2D eigenvalue weighted by atomic mass is 16.5. The van der Waals surface area contributed by atoms with E-state index in [1.54, 1.807) is 12.1 Å². The first-order valence-electron chi connectivity index (χ1n) is 17.6. The maximum Gasteiger partial charge on any atom is 0.307 e. The smallest absolute Gasteiger partial charge is 0.307 e. The van der Waals surface area contributed by atoms with Gasteiger partial charge in [-0.2, -0.15) is 0 Å². The van der Waals surface area contributed by atoms with E-state index in [1.165, 1.54) is 19.2 Å². The Labute approximate surface area is 304 Å². The molecule has 13 nitrogen and oxygen atoms in total. The van der Waals surface area contributed by atoms with Crippen LogP contribution in [-0.4, -0.2) is 66.9 Å². The summed E-state index contributed by atoms with van der Waals surface area (Å²) in [7, 11) is 1.30. The second-order valence-corrected chi connectivity index (χ2v) is 12.2. The first-order chi connectivity index (χ1) is 25.2. The van der Waals surface area contributed by atoms with Crippen LogP contribution in [0.25, 0.3) is 0 Å². The number of aliphatic imine (C=N–C) groups is 1. The van der Waals surface area contributed by atoms with Crippen molar-refractivity contribution >= 4 is 35.6 Å². The van der Waals surface area contributed by atoms with E-state index in [2.05, 4.69) is 31.0 Å². The monoisotopic (exact) mass is 714 g/mol. The van der Waals surface area contributed by atoms with Crippen molar-refractivity contribution in [1.29, 1.82) is 0 Å². The standard InChI is InChI=1S/C39H50N6O7/c1-52-35(49)24-26-41-33(47)18-10-2-3-11-19-34(48)45-39(40)42-25-12-17-32(37(50)43-27-28-20-22-31(46)23-21-28)44-38(51)36(29-13-6-4-7-14-29)30-15-8-5-9-16-30/h4-9,13-16,20-23,32,36,46H,2-3,10-12,17-19,24-27H2,1H3,(H,41,47)(H,43,50)(H,44,51)(H3,40,42,45,48)/t32-/m1/s1. The Kier molecular flexibility index (Phi) is 17.9. The molecule has 0 fully saturated rings. The molecule has 3 aromatic rings. The molecule has 0 aliphatic heterocycles. The normalized spacial score (nSPS) is 11.7. The number of nitrogens with one attached hydrogen (secondary N) is 4. The highest BCUT2D eigenvalue weighted by Crippen LogP contribution is 2.25. The van der Waals surface area contributed by atoms with Crippen molar-refractivity contribution < 1.29 is 33.8 Å². The highest BCUT2D eigenvalue weighted by Gasteiger charge is 2.27. The number of ether oxygens (including phenoxy) is 1. The van der Waals surface area contributed by atoms with E-state index in [0.717, 1.165) is 29.5 Å². The van der Waals surface area contributed by atoms with Gasteiger partial charge in [-0.25, -0.2) is 0 Å². The lowest BCUT2D eigenvalue weighted by atomic mass is 9.90. The molecule has 0 saturated carbocycles. The van der Waals surface area contributed by atoms with E-state index < -0.39 is 12.0 Å². The van der Waals surface area contributed by atoms with Crippen LogP contribution in [0.4, 0.5) is 0 Å². The molecule has 4 amide bonds. The largest absolute Gasteiger partial charge is 0.508 e. The molecule has 0 spiro atoms. The Morgan fingerprint density at radius 2 is 1.33 bits per heavy atom. The SMILES string of the molecule is COC(=O)CCNC(=O)CCCCCCC(=O)NC(N)=NCCC[C@@H](NC(=O)C(c1ccccc1)c1ccccc1)C(=O)NCc1ccc(O)cc1. The molecule has 13 heteroatoms. The van der Waals surface area contributed by atoms with Gasteiger partial charge in [0.15, 0.2) is 5.96 Å². The third kappa shape index (κ3) is 15.4. The number of hydrogen-bond acceptors (Lipinski definition) is 8. The summed E-state index contributed by atoms with van der Waals surface area (Å²) >= 11 is 0. The molecule has 0 aliphatic carbocycles. The van der Waals surface area contributed by atoms with E-state index in [1.807, 2.05) is 60.7 Å². The van der Waals surface area contributed by atoms with E-state index in [0.29, 0.717) is 25.7 Å². The number of carbonyl (C=O) groups is 5. The molecule has 0 saturated heterocycles. The van der Waals surface area contributed by atoms with Gasteiger partial charge in [0.2, 0.25) is 23.6 Å². The predicted molar refractivity (Wildman–Crippen MR) is 198 cm³/mol. The highest BCUT2D eigenvalue weighted by molar-refractivity contribution is 5.96. The number of methoxy groups -OCH3 is 1. The van der Waals surface area contributed by atoms with E-state index in [-0.39, 0.29) is 80.2 Å². The van der Waals surface area contributed by atoms with Crippen LogP contribution in [0.5, 0.6) is 5.75 Å². The maximum absolute atomic E-state index is 13.8. The summed E-state index contributed by atoms with van der Waals surface area (Å²) in [6, 6.07) is 24.3. The molecule has 3 rings (SSSR count). The zero-order valence-electron chi connectivity index (χ0n) is 29.6. The van der Waals surface area contributed by atoms with Crippen LogP contribution >= 0.6 is 0 Å². The molecule has 0 bridgehead atoms. The number of amides is 4. The number of phenolic OH excluding ortho intramolecular Hbond substituents is 1. The van der Waals surface area contributed by atoms with Gasteiger partial charge in [-0.3, -0.25) is 34.3 Å². The molecule has 52 heavy (non-hydrogen) atoms. The van der Waals surface area contributed by atoms with Gasteiger partial charge in [0.25, 0.3) is 0 Å². The van der Waals surface area contributed by atoms with Gasteiger partial charge < -0.3 is 31.5 Å². The van der Waals surface area contributed by atoms with Crippen LogP contribution in [0.2, 0.25) is 0 Å². The fourth-order valence-corrected chi connectivity index (χ4v) is 5.40. The number of rotatable bonds is 21. The summed E-state index contributed by atoms with van der Waals surface area (Å²) in [6.07, 6.45) is 4.22. The number of hydrogen-bond donors (Lipinski definition) is 6. The lowest BCUT2D eigenvalue weighted by Gasteiger charge is -2.23. The van der Waals surface area contributed by atoms with E-state index in [4.69, 9.17) is 5.73 Å². The van der Waals surface area contributed by atoms with Crippen molar-refractivity contribution in [3.63, 3.8) is 0 Å². The number of benzene rings is 3. The Morgan fingerprint density at radius 1 is 0.731 bits per heavy atom. The number of carbonyl (C=O) groups excluding carboxylic acids is 5. The van der Waals surface area contributed by atoms with Crippen LogP contribution in [0, 0.1) is 0 Å². The molecular weight excluding hydrogens is 664 g/mol. The number of esters is 1. The lowest BCUT2D eigenvalue weighted by molar-refractivity contribution is -0.140. The molecule has 0 aliphatic rings. The molecular formula is C39H50N6O7. The Balaban J connectivity index is 1.49. The van der Waals surface area contributed by atoms with Gasteiger partial charge in [0.1, 0.15) is 11.8 Å². The summed E-state index contributed by atoms with van der Waals surface area (Å²) in [6.45, 7) is 0.663. The average Bonchev–Trinajstić information content (AvgIpc) is 3.14. The summed E-state index contributed by atoms with van der Waals surface area (Å²) < 4.78 is 4.54. The number of guanidine groups is 1. The fraction of sp³-hybridized carbons (Fsp3) is 0.385. The minimum Gasteiger partial charge on any atom is -0.508 e. The third-order valence-electron chi connectivity index (χ3n) is 8.20. The number of nitrogens with zero attached hydrogens (tertiary/aromatic N) is 1. The summed E-state index contributed by atoms with van der Waals surface area (Å²) in [5.74, 6) is -2.01. The van der Waals surface area contributed by atoms with Crippen LogP contribution < -0.4 is 27.0 Å². The van der Waals surface area contributed by atoms with Crippen LogP contribution in [0.15, 0.2) is 89.9 Å². The first-order valence-corrected chi connectivity index (χ1v) is 17.6. The minimum absolute atomic E-state index is 0.0285. The Hall–Kier alpha value is -5.72. The second-order valence-electron chi connectivity index (χ2n) is 12.2. The molecule has 0 heterocycles. The van der Waals surface area contributed by atoms with Gasteiger partial charge >= 0.3 is 5.97 Å². The van der Waals surface area contributed by atoms with E-state index in [9.17, 15) is 29.1 Å². The Morgan fingerprint density at radius 3 is 1.92 bits per heavy atom. The summed E-state index contributed by atoms with van der Waals surface area (Å²) in [4.78, 5) is 66.8. The maximum atomic E-state index is 13.8. The third-order valence-corrected chi connectivity index (χ3v) is 8.20. The summed E-state index contributed by atoms with van der Waals surface area (Å²) in [5, 5.41) is 20.7. The molecule has 0 radical (unpaired) electrons. The molecule has 7 N–H and O–H groups in total. The van der Waals surface area contributed by atoms with Crippen LogP contribution in [-0.2, 0) is 35.3 Å². The molecule has 278 valence electrons. The first kappa shape index (κ1) is 40.7. The van der Waals surface area contributed by atoms with Gasteiger partial charge in [0, 0.05) is 32.5 Å². The molecule has 3 aromatic carbocycles. The number of unbranched alkanes of at least 4 members (excludes halogenated alkanes) is 3.